The summed E-state index contributed by atoms with van der Waals surface area (Å²) >= 11 is 0. The van der Waals surface area contributed by atoms with Gasteiger partial charge in [-0.15, -0.1) is 0 Å². The Kier molecular flexibility index (Phi) is 6.22. The van der Waals surface area contributed by atoms with Gasteiger partial charge in [0.05, 0.1) is 13.7 Å². The van der Waals surface area contributed by atoms with Crippen molar-refractivity contribution < 1.29 is 9.53 Å². The molecule has 0 aliphatic heterocycles. The molecule has 162 valence electrons. The Morgan fingerprint density at radius 1 is 0.969 bits per heavy atom. The summed E-state index contributed by atoms with van der Waals surface area (Å²) in [6, 6.07) is 24.3. The Bertz CT molecular complexity index is 1280. The van der Waals surface area contributed by atoms with Crippen molar-refractivity contribution >= 4 is 22.6 Å². The third-order valence-corrected chi connectivity index (χ3v) is 5.28. The monoisotopic (exact) mass is 427 g/mol. The number of methoxy groups -OCH3 is 1. The molecule has 4 rings (SSSR count). The first kappa shape index (κ1) is 21.2. The molecule has 32 heavy (non-hydrogen) atoms. The number of nitrogens with one attached hydrogen (secondary N) is 2. The number of nitrogens with zero attached hydrogens (tertiary/aromatic N) is 1. The molecule has 0 saturated carbocycles. The second kappa shape index (κ2) is 9.39. The molecule has 0 fully saturated rings. The number of carbonyl (C=O) groups is 1. The van der Waals surface area contributed by atoms with Gasteiger partial charge in [-0.1, -0.05) is 42.5 Å². The molecule has 3 aromatic carbocycles. The number of anilines is 1. The molecule has 2 amide bonds. The maximum Gasteiger partial charge on any atom is 0.322 e. The molecule has 0 saturated heterocycles. The number of ether oxygens (including phenoxy) is 1. The lowest BCUT2D eigenvalue weighted by Crippen LogP contribution is -2.35. The fourth-order valence-electron chi connectivity index (χ4n) is 3.56. The molecule has 6 nitrogen and oxygen atoms in total. The SMILES string of the molecule is COc1ccc(NC(=O)N(Cc2ccccc2)Cc2cc3ccc(C)cc3[nH]c2=O)cc1. The smallest absolute Gasteiger partial charge is 0.322 e. The number of urea groups is 1. The molecule has 4 aromatic rings. The Labute approximate surface area is 186 Å². The lowest BCUT2D eigenvalue weighted by Gasteiger charge is -2.23. The summed E-state index contributed by atoms with van der Waals surface area (Å²) in [5.74, 6) is 0.710. The molecule has 0 spiro atoms. The van der Waals surface area contributed by atoms with Gasteiger partial charge in [-0.05, 0) is 59.8 Å². The Balaban J connectivity index is 1.62. The number of hydrogen-bond donors (Lipinski definition) is 2. The molecule has 0 bridgehead atoms. The number of hydrogen-bond acceptors (Lipinski definition) is 3. The standard InChI is InChI=1S/C26H25N3O3/c1-18-8-9-20-15-21(25(30)28-24(20)14-18)17-29(16-19-6-4-3-5-7-19)26(31)27-22-10-12-23(32-2)13-11-22/h3-15H,16-17H2,1-2H3,(H,27,31)(H,28,30). The van der Waals surface area contributed by atoms with E-state index in [1.165, 1.54) is 0 Å². The van der Waals surface area contributed by atoms with Crippen LogP contribution in [0.4, 0.5) is 10.5 Å². The molecule has 1 heterocycles. The molecule has 0 aliphatic carbocycles. The van der Waals surface area contributed by atoms with Crippen LogP contribution in [0.15, 0.2) is 83.7 Å². The normalized spacial score (nSPS) is 10.7. The van der Waals surface area contributed by atoms with Crippen LogP contribution in [0, 0.1) is 6.92 Å². The van der Waals surface area contributed by atoms with Crippen molar-refractivity contribution in [2.75, 3.05) is 12.4 Å². The van der Waals surface area contributed by atoms with Crippen LogP contribution < -0.4 is 15.6 Å². The van der Waals surface area contributed by atoms with Crippen molar-refractivity contribution in [2.45, 2.75) is 20.0 Å². The van der Waals surface area contributed by atoms with Crippen LogP contribution >= 0.6 is 0 Å². The van der Waals surface area contributed by atoms with Crippen LogP contribution in [-0.4, -0.2) is 23.0 Å². The van der Waals surface area contributed by atoms with Gasteiger partial charge in [0.15, 0.2) is 0 Å². The summed E-state index contributed by atoms with van der Waals surface area (Å²) in [6.45, 7) is 2.53. The van der Waals surface area contributed by atoms with Crippen molar-refractivity contribution in [3.63, 3.8) is 0 Å². The zero-order valence-corrected chi connectivity index (χ0v) is 18.1. The van der Waals surface area contributed by atoms with Gasteiger partial charge in [0.1, 0.15) is 5.75 Å². The van der Waals surface area contributed by atoms with E-state index in [9.17, 15) is 9.59 Å². The minimum Gasteiger partial charge on any atom is -0.497 e. The van der Waals surface area contributed by atoms with E-state index in [2.05, 4.69) is 10.3 Å². The van der Waals surface area contributed by atoms with Crippen LogP contribution in [0.2, 0.25) is 0 Å². The van der Waals surface area contributed by atoms with Crippen molar-refractivity contribution in [1.29, 1.82) is 0 Å². The number of aromatic nitrogens is 1. The zero-order chi connectivity index (χ0) is 22.5. The first-order chi connectivity index (χ1) is 15.5. The van der Waals surface area contributed by atoms with E-state index in [1.807, 2.05) is 61.5 Å². The quantitative estimate of drug-likeness (QED) is 0.451. The summed E-state index contributed by atoms with van der Waals surface area (Å²) in [6.07, 6.45) is 0. The number of fused-ring (bicyclic) bond motifs is 1. The first-order valence-electron chi connectivity index (χ1n) is 10.4. The largest absolute Gasteiger partial charge is 0.497 e. The maximum absolute atomic E-state index is 13.2. The minimum absolute atomic E-state index is 0.177. The Morgan fingerprint density at radius 2 is 1.72 bits per heavy atom. The van der Waals surface area contributed by atoms with Crippen LogP contribution in [0.1, 0.15) is 16.7 Å². The molecular formula is C26H25N3O3. The number of amides is 2. The zero-order valence-electron chi connectivity index (χ0n) is 18.1. The third kappa shape index (κ3) is 4.98. The number of aromatic amines is 1. The van der Waals surface area contributed by atoms with Crippen LogP contribution in [0.3, 0.4) is 0 Å². The van der Waals surface area contributed by atoms with Gasteiger partial charge >= 0.3 is 6.03 Å². The molecule has 0 unspecified atom stereocenters. The van der Waals surface area contributed by atoms with E-state index < -0.39 is 0 Å². The fourth-order valence-corrected chi connectivity index (χ4v) is 3.56. The van der Waals surface area contributed by atoms with Gasteiger partial charge in [0, 0.05) is 23.3 Å². The van der Waals surface area contributed by atoms with E-state index in [4.69, 9.17) is 4.74 Å². The van der Waals surface area contributed by atoms with E-state index in [-0.39, 0.29) is 18.1 Å². The lowest BCUT2D eigenvalue weighted by atomic mass is 10.1. The minimum atomic E-state index is -0.289. The molecule has 1 aromatic heterocycles. The highest BCUT2D eigenvalue weighted by Crippen LogP contribution is 2.18. The topological polar surface area (TPSA) is 74.4 Å². The maximum atomic E-state index is 13.2. The van der Waals surface area contributed by atoms with Crippen LogP contribution in [0.25, 0.3) is 10.9 Å². The van der Waals surface area contributed by atoms with Gasteiger partial charge in [0.2, 0.25) is 0 Å². The van der Waals surface area contributed by atoms with Gasteiger partial charge in [0.25, 0.3) is 5.56 Å². The Morgan fingerprint density at radius 3 is 2.44 bits per heavy atom. The fraction of sp³-hybridized carbons (Fsp3) is 0.154. The second-order valence-corrected chi connectivity index (χ2v) is 7.71. The van der Waals surface area contributed by atoms with Crippen molar-refractivity contribution in [2.24, 2.45) is 0 Å². The molecule has 0 radical (unpaired) electrons. The average Bonchev–Trinajstić information content (AvgIpc) is 2.80. The molecule has 0 atom stereocenters. The average molecular weight is 428 g/mol. The molecular weight excluding hydrogens is 402 g/mol. The summed E-state index contributed by atoms with van der Waals surface area (Å²) in [5, 5.41) is 3.85. The summed E-state index contributed by atoms with van der Waals surface area (Å²) in [7, 11) is 1.59. The number of rotatable bonds is 6. The van der Waals surface area contributed by atoms with E-state index in [0.717, 1.165) is 22.0 Å². The molecule has 0 aliphatic rings. The number of H-pyrrole nitrogens is 1. The molecule has 2 N–H and O–H groups in total. The molecule has 6 heteroatoms. The van der Waals surface area contributed by atoms with Gasteiger partial charge in [-0.3, -0.25) is 4.79 Å². The lowest BCUT2D eigenvalue weighted by molar-refractivity contribution is 0.206. The van der Waals surface area contributed by atoms with Crippen LogP contribution in [0.5, 0.6) is 5.75 Å². The van der Waals surface area contributed by atoms with Crippen LogP contribution in [-0.2, 0) is 13.1 Å². The number of aryl methyl sites for hydroxylation is 1. The van der Waals surface area contributed by atoms with Gasteiger partial charge in [-0.2, -0.15) is 0 Å². The summed E-state index contributed by atoms with van der Waals surface area (Å²) in [5.41, 5.74) is 3.82. The van der Waals surface area contributed by atoms with Crippen molar-refractivity contribution in [3.8, 4) is 5.75 Å². The van der Waals surface area contributed by atoms with Crippen molar-refractivity contribution in [3.05, 3.63) is 106 Å². The highest BCUT2D eigenvalue weighted by molar-refractivity contribution is 5.89. The number of carbonyl (C=O) groups excluding carboxylic acids is 1. The summed E-state index contributed by atoms with van der Waals surface area (Å²) in [4.78, 5) is 30.5. The third-order valence-electron chi connectivity index (χ3n) is 5.28. The van der Waals surface area contributed by atoms with E-state index in [0.29, 0.717) is 23.5 Å². The predicted molar refractivity (Wildman–Crippen MR) is 127 cm³/mol. The first-order valence-corrected chi connectivity index (χ1v) is 10.4. The number of benzene rings is 3. The van der Waals surface area contributed by atoms with Gasteiger partial charge < -0.3 is 19.9 Å². The van der Waals surface area contributed by atoms with Gasteiger partial charge in [-0.25, -0.2) is 4.79 Å². The highest BCUT2D eigenvalue weighted by Gasteiger charge is 2.17. The Hall–Kier alpha value is -4.06. The second-order valence-electron chi connectivity index (χ2n) is 7.71. The summed E-state index contributed by atoms with van der Waals surface area (Å²) < 4.78 is 5.17. The highest BCUT2D eigenvalue weighted by atomic mass is 16.5. The van der Waals surface area contributed by atoms with Crippen molar-refractivity contribution in [1.82, 2.24) is 9.88 Å². The van der Waals surface area contributed by atoms with E-state index >= 15 is 0 Å². The van der Waals surface area contributed by atoms with E-state index in [1.54, 1.807) is 36.3 Å². The number of pyridine rings is 1. The predicted octanol–water partition coefficient (Wildman–Crippen LogP) is 5.08.